The van der Waals surface area contributed by atoms with Crippen LogP contribution in [-0.2, 0) is 10.1 Å². The number of aromatic carboxylic acids is 1. The maximum Gasteiger partial charge on any atom is 0.339 e. The van der Waals surface area contributed by atoms with Crippen LogP contribution in [0.3, 0.4) is 0 Å². The predicted molar refractivity (Wildman–Crippen MR) is 136 cm³/mol. The molecule has 0 spiro atoms. The highest BCUT2D eigenvalue weighted by Gasteiger charge is 2.10. The Morgan fingerprint density at radius 1 is 0.703 bits per heavy atom. The Hall–Kier alpha value is -4.94. The topological polar surface area (TPSA) is 173 Å². The van der Waals surface area contributed by atoms with E-state index in [0.29, 0.717) is 22.7 Å². The number of nitrogens with zero attached hydrogens (tertiary/aromatic N) is 4. The van der Waals surface area contributed by atoms with E-state index in [0.717, 1.165) is 11.1 Å². The fourth-order valence-corrected chi connectivity index (χ4v) is 3.64. The maximum atomic E-state index is 11.1. The second-order valence-corrected chi connectivity index (χ2v) is 9.03. The van der Waals surface area contributed by atoms with E-state index in [1.54, 1.807) is 12.1 Å². The van der Waals surface area contributed by atoms with Gasteiger partial charge in [0.25, 0.3) is 10.1 Å². The van der Waals surface area contributed by atoms with Gasteiger partial charge in [-0.3, -0.25) is 9.98 Å². The Kier molecular flexibility index (Phi) is 7.32. The van der Waals surface area contributed by atoms with Gasteiger partial charge in [0.1, 0.15) is 11.3 Å². The minimum Gasteiger partial charge on any atom is -0.507 e. The molecule has 0 unspecified atom stereocenters. The summed E-state index contributed by atoms with van der Waals surface area (Å²) in [6, 6.07) is 23.9. The summed E-state index contributed by atoms with van der Waals surface area (Å²) in [5.41, 5.74) is 6.36. The van der Waals surface area contributed by atoms with Gasteiger partial charge in [0, 0.05) is 0 Å². The lowest BCUT2D eigenvalue weighted by atomic mass is 10.1. The van der Waals surface area contributed by atoms with E-state index in [1.807, 2.05) is 36.4 Å². The first-order valence-electron chi connectivity index (χ1n) is 10.6. The predicted octanol–water partition coefficient (Wildman–Crippen LogP) is 6.53. The summed E-state index contributed by atoms with van der Waals surface area (Å²) in [6.07, 6.45) is 0. The van der Waals surface area contributed by atoms with Crippen LogP contribution >= 0.6 is 0 Å². The van der Waals surface area contributed by atoms with Crippen molar-refractivity contribution in [2.24, 2.45) is 20.6 Å². The Morgan fingerprint density at radius 2 is 1.22 bits per heavy atom. The van der Waals surface area contributed by atoms with Gasteiger partial charge in [-0.25, -0.2) is 4.79 Å². The van der Waals surface area contributed by atoms with Gasteiger partial charge in [-0.05, 0) is 77.9 Å². The molecule has 4 aromatic carbocycles. The molecule has 12 heteroatoms. The van der Waals surface area contributed by atoms with Crippen LogP contribution in [0.15, 0.2) is 116 Å². The number of carboxylic acids is 1. The van der Waals surface area contributed by atoms with Crippen LogP contribution in [0.2, 0.25) is 0 Å². The fraction of sp³-hybridized carbons (Fsp3) is 0. The van der Waals surface area contributed by atoms with Gasteiger partial charge >= 0.3 is 5.97 Å². The molecule has 4 N–H and O–H groups in total. The molecule has 0 saturated carbocycles. The number of nitrogens with one attached hydrogen (secondary N) is 1. The Bertz CT molecular complexity index is 1580. The van der Waals surface area contributed by atoms with Crippen molar-refractivity contribution in [2.75, 3.05) is 5.43 Å². The van der Waals surface area contributed by atoms with Gasteiger partial charge < -0.3 is 10.2 Å². The van der Waals surface area contributed by atoms with Crippen molar-refractivity contribution < 1.29 is 28.0 Å². The number of hydrogen-bond donors (Lipinski definition) is 4. The monoisotopic (exact) mass is 517 g/mol. The zero-order chi connectivity index (χ0) is 26.4. The number of benzene rings is 4. The van der Waals surface area contributed by atoms with Crippen molar-refractivity contribution in [1.82, 2.24) is 0 Å². The van der Waals surface area contributed by atoms with Crippen LogP contribution in [-0.4, -0.2) is 29.2 Å². The molecule has 0 aliphatic heterocycles. The summed E-state index contributed by atoms with van der Waals surface area (Å²) in [7, 11) is -4.26. The Labute approximate surface area is 211 Å². The van der Waals surface area contributed by atoms with E-state index in [1.165, 1.54) is 42.5 Å². The molecular formula is C25H19N5O6S. The lowest BCUT2D eigenvalue weighted by molar-refractivity contribution is 0.0693. The summed E-state index contributed by atoms with van der Waals surface area (Å²) in [6.45, 7) is 0. The maximum absolute atomic E-state index is 11.1. The van der Waals surface area contributed by atoms with Crippen LogP contribution in [0.25, 0.3) is 11.1 Å². The standard InChI is InChI=1S/C25H19N5O6S/c31-24-14-11-21(15-23(24)25(32)33)27-26-18-5-1-16(2-6-18)17-3-7-19(8-4-17)28-30-29-20-9-12-22(13-10-20)37(34,35)36/h1-15,31H,(H,28,29)(H,32,33)(H,34,35,36). The summed E-state index contributed by atoms with van der Waals surface area (Å²) in [5.74, 6) is -1.59. The number of azo groups is 1. The average molecular weight is 518 g/mol. The SMILES string of the molecule is O=C(O)c1cc(N=Nc2ccc(-c3ccc(NN=Nc4ccc(S(=O)(=O)O)cc4)cc3)cc2)ccc1O. The van der Waals surface area contributed by atoms with Crippen molar-refractivity contribution in [2.45, 2.75) is 4.90 Å². The quantitative estimate of drug-likeness (QED) is 0.117. The molecule has 0 saturated heterocycles. The zero-order valence-corrected chi connectivity index (χ0v) is 19.7. The summed E-state index contributed by atoms with van der Waals surface area (Å²) in [4.78, 5) is 10.9. The first kappa shape index (κ1) is 25.2. The van der Waals surface area contributed by atoms with E-state index in [4.69, 9.17) is 9.66 Å². The number of carboxylic acid groups (broad SMARTS) is 1. The number of rotatable bonds is 8. The highest BCUT2D eigenvalue weighted by molar-refractivity contribution is 7.85. The van der Waals surface area contributed by atoms with E-state index in [2.05, 4.69) is 26.0 Å². The largest absolute Gasteiger partial charge is 0.507 e. The lowest BCUT2D eigenvalue weighted by Gasteiger charge is -2.04. The van der Waals surface area contributed by atoms with E-state index >= 15 is 0 Å². The highest BCUT2D eigenvalue weighted by Crippen LogP contribution is 2.27. The number of carbonyl (C=O) groups is 1. The number of anilines is 1. The van der Waals surface area contributed by atoms with Crippen LogP contribution in [0.5, 0.6) is 5.75 Å². The molecule has 0 heterocycles. The smallest absolute Gasteiger partial charge is 0.339 e. The zero-order valence-electron chi connectivity index (χ0n) is 18.9. The molecule has 0 radical (unpaired) electrons. The third kappa shape index (κ3) is 6.60. The third-order valence-corrected chi connectivity index (χ3v) is 5.92. The van der Waals surface area contributed by atoms with Gasteiger partial charge in [-0.15, -0.1) is 5.11 Å². The number of phenols is 1. The van der Waals surface area contributed by atoms with Gasteiger partial charge in [-0.2, -0.15) is 18.6 Å². The Balaban J connectivity index is 1.37. The minimum atomic E-state index is -4.26. The molecule has 0 aliphatic rings. The first-order chi connectivity index (χ1) is 17.7. The summed E-state index contributed by atoms with van der Waals surface area (Å²) < 4.78 is 31.1. The van der Waals surface area contributed by atoms with E-state index in [-0.39, 0.29) is 16.2 Å². The summed E-state index contributed by atoms with van der Waals surface area (Å²) in [5, 5.41) is 34.6. The van der Waals surface area contributed by atoms with Crippen molar-refractivity contribution in [3.8, 4) is 16.9 Å². The molecule has 4 rings (SSSR count). The minimum absolute atomic E-state index is 0.224. The molecular weight excluding hydrogens is 498 g/mol. The molecule has 186 valence electrons. The molecule has 4 aromatic rings. The summed E-state index contributed by atoms with van der Waals surface area (Å²) >= 11 is 0. The fourth-order valence-electron chi connectivity index (χ4n) is 3.16. The van der Waals surface area contributed by atoms with Gasteiger partial charge in [0.05, 0.1) is 27.6 Å². The van der Waals surface area contributed by atoms with Gasteiger partial charge in [0.15, 0.2) is 0 Å². The number of aromatic hydroxyl groups is 1. The molecule has 0 bridgehead atoms. The third-order valence-electron chi connectivity index (χ3n) is 5.06. The Morgan fingerprint density at radius 3 is 1.81 bits per heavy atom. The van der Waals surface area contributed by atoms with Crippen molar-refractivity contribution >= 4 is 38.8 Å². The van der Waals surface area contributed by atoms with E-state index in [9.17, 15) is 18.3 Å². The molecule has 11 nitrogen and oxygen atoms in total. The number of hydrogen-bond acceptors (Lipinski definition) is 8. The van der Waals surface area contributed by atoms with Gasteiger partial charge in [-0.1, -0.05) is 29.5 Å². The lowest BCUT2D eigenvalue weighted by Crippen LogP contribution is -1.96. The van der Waals surface area contributed by atoms with Crippen LogP contribution in [0.1, 0.15) is 10.4 Å². The van der Waals surface area contributed by atoms with Gasteiger partial charge in [0.2, 0.25) is 0 Å². The van der Waals surface area contributed by atoms with E-state index < -0.39 is 16.1 Å². The molecule has 0 aliphatic carbocycles. The molecule has 0 amide bonds. The van der Waals surface area contributed by atoms with Crippen molar-refractivity contribution in [1.29, 1.82) is 0 Å². The highest BCUT2D eigenvalue weighted by atomic mass is 32.2. The van der Waals surface area contributed by atoms with Crippen LogP contribution in [0, 0.1) is 0 Å². The second-order valence-electron chi connectivity index (χ2n) is 7.61. The van der Waals surface area contributed by atoms with Crippen LogP contribution in [0.4, 0.5) is 22.7 Å². The first-order valence-corrected chi connectivity index (χ1v) is 12.1. The molecule has 37 heavy (non-hydrogen) atoms. The normalized spacial score (nSPS) is 11.7. The average Bonchev–Trinajstić information content (AvgIpc) is 2.88. The molecule has 0 fully saturated rings. The molecule has 0 atom stereocenters. The van der Waals surface area contributed by atoms with Crippen LogP contribution < -0.4 is 5.43 Å². The van der Waals surface area contributed by atoms with Crippen molar-refractivity contribution in [3.05, 3.63) is 96.6 Å². The second kappa shape index (κ2) is 10.8. The molecule has 0 aromatic heterocycles. The van der Waals surface area contributed by atoms with Crippen molar-refractivity contribution in [3.63, 3.8) is 0 Å².